The van der Waals surface area contributed by atoms with E-state index in [1.807, 2.05) is 62.6 Å². The molecule has 4 aromatic carbocycles. The maximum atomic E-state index is 13.4. The van der Waals surface area contributed by atoms with Gasteiger partial charge in [0.05, 0.1) is 29.4 Å². The lowest BCUT2D eigenvalue weighted by Crippen LogP contribution is -2.44. The fraction of sp³-hybridized carbons (Fsp3) is 0.492. The first-order chi connectivity index (χ1) is 39.8. The molecule has 82 heavy (non-hydrogen) atoms. The SMILES string of the molecule is CC(=O)C1CCC(CNC(=O)N/N=C2/CN(C)C3CCN(C(=O)OCC4c5ccccc5-c5ccccc54)C23)CC1.CN1C/C(=N/NC(=O)NCC2CCC(C(=O)O)CC2)C2C1CCN2C(=O)OCC1c2ccccc2-c2ccccc21. The smallest absolute Gasteiger partial charge is 0.410 e. The Bertz CT molecular complexity index is 2820. The van der Waals surface area contributed by atoms with Gasteiger partial charge in [-0.2, -0.15) is 10.2 Å². The number of hydrogen-bond acceptors (Lipinski definition) is 12. The molecular weight excluding hydrogens is 1040 g/mol. The van der Waals surface area contributed by atoms with Gasteiger partial charge in [0.15, 0.2) is 0 Å². The molecule has 4 saturated heterocycles. The number of benzene rings is 4. The number of hydrazone groups is 2. The third-order valence-corrected chi connectivity index (χ3v) is 18.8. The van der Waals surface area contributed by atoms with Crippen LogP contribution in [0.25, 0.3) is 22.3 Å². The second-order valence-corrected chi connectivity index (χ2v) is 23.7. The maximum absolute atomic E-state index is 13.4. The highest BCUT2D eigenvalue weighted by molar-refractivity contribution is 5.98. The summed E-state index contributed by atoms with van der Waals surface area (Å²) in [6, 6.07) is 32.3. The van der Waals surface area contributed by atoms with Gasteiger partial charge in [-0.15, -0.1) is 0 Å². The number of hydrogen-bond donors (Lipinski definition) is 5. The number of rotatable bonds is 12. The van der Waals surface area contributed by atoms with Crippen molar-refractivity contribution in [3.8, 4) is 22.3 Å². The quantitative estimate of drug-likeness (QED) is 0.0849. The van der Waals surface area contributed by atoms with Crippen LogP contribution in [-0.4, -0.2) is 163 Å². The Morgan fingerprint density at radius 1 is 0.512 bits per heavy atom. The van der Waals surface area contributed by atoms with Gasteiger partial charge in [-0.1, -0.05) is 97.1 Å². The molecule has 4 atom stereocenters. The Labute approximate surface area is 479 Å². The molecule has 4 aromatic rings. The van der Waals surface area contributed by atoms with Crippen molar-refractivity contribution < 1.29 is 43.3 Å². The summed E-state index contributed by atoms with van der Waals surface area (Å²) in [6.45, 7) is 5.56. The topological polar surface area (TPSA) is 227 Å². The molecule has 12 rings (SSSR count). The monoisotopic (exact) mass is 1120 g/mol. The third-order valence-electron chi connectivity index (χ3n) is 18.8. The Morgan fingerprint density at radius 2 is 0.866 bits per heavy atom. The first-order valence-electron chi connectivity index (χ1n) is 29.4. The lowest BCUT2D eigenvalue weighted by atomic mass is 9.80. The molecule has 6 amide bonds. The third kappa shape index (κ3) is 11.8. The van der Waals surface area contributed by atoms with E-state index >= 15 is 0 Å². The molecule has 19 heteroatoms. The lowest BCUT2D eigenvalue weighted by Gasteiger charge is -2.27. The van der Waals surface area contributed by atoms with E-state index in [1.165, 1.54) is 44.5 Å². The fourth-order valence-corrected chi connectivity index (χ4v) is 14.4. The number of likely N-dealkylation sites (tertiary alicyclic amines) is 4. The first kappa shape index (κ1) is 56.2. The number of carbonyl (C=O) groups excluding carboxylic acids is 5. The number of fused-ring (bicyclic) bond motifs is 8. The van der Waals surface area contributed by atoms with Gasteiger partial charge in [0.25, 0.3) is 0 Å². The molecule has 19 nitrogen and oxygen atoms in total. The van der Waals surface area contributed by atoms with Crippen molar-refractivity contribution in [3.63, 3.8) is 0 Å². The maximum Gasteiger partial charge on any atom is 0.410 e. The number of carboxylic acids is 1. The highest BCUT2D eigenvalue weighted by atomic mass is 16.6. The number of likely N-dealkylation sites (N-methyl/N-ethyl adjacent to an activating group) is 2. The molecule has 6 fully saturated rings. The standard InChI is InChI=1S/C32H39N5O4.C31H37N5O5/c1-20(38)22-13-11-21(12-14-22)17-33-31(39)35-34-28-18-36(2)29-15-16-37(30(28)29)32(40)41-19-27-25-9-5-3-7-23(25)24-8-4-6-10-26(24)27;1-35-17-26(33-34-30(39)32-16-19-10-12-20(13-11-19)29(37)38)28-27(35)14-15-36(28)31(40)41-18-25-23-8-4-2-6-21(23)22-7-3-5-9-24(22)25/h3-10,21-22,27,29-30H,11-19H2,1-2H3,(H2,33,35,39);2-9,19-20,25,27-28H,10-18H2,1H3,(H,37,38)(H2,32,34,39)/b34-28-;33-26-. The van der Waals surface area contributed by atoms with Crippen LogP contribution in [-0.2, 0) is 19.1 Å². The van der Waals surface area contributed by atoms with E-state index in [-0.39, 0.29) is 91.0 Å². The highest BCUT2D eigenvalue weighted by Gasteiger charge is 2.50. The minimum absolute atomic E-state index is 0.00585. The zero-order valence-corrected chi connectivity index (χ0v) is 47.1. The molecule has 0 bridgehead atoms. The van der Waals surface area contributed by atoms with Gasteiger partial charge in [0, 0.05) is 69.1 Å². The van der Waals surface area contributed by atoms with Crippen molar-refractivity contribution in [2.75, 3.05) is 66.6 Å². The Kier molecular flexibility index (Phi) is 17.0. The number of aliphatic carboxylic acids is 1. The predicted molar refractivity (Wildman–Crippen MR) is 310 cm³/mol. The van der Waals surface area contributed by atoms with Crippen LogP contribution in [0.4, 0.5) is 19.2 Å². The van der Waals surface area contributed by atoms with Crippen LogP contribution in [0, 0.1) is 23.7 Å². The van der Waals surface area contributed by atoms with E-state index in [9.17, 15) is 33.9 Å². The highest BCUT2D eigenvalue weighted by Crippen LogP contribution is 2.46. The second kappa shape index (κ2) is 24.8. The molecule has 2 saturated carbocycles. The van der Waals surface area contributed by atoms with Gasteiger partial charge in [0.1, 0.15) is 19.0 Å². The Balaban J connectivity index is 0.000000172. The molecule has 4 heterocycles. The number of nitrogens with one attached hydrogen (secondary N) is 4. The van der Waals surface area contributed by atoms with E-state index in [2.05, 4.69) is 90.0 Å². The normalized spacial score (nSPS) is 26.4. The van der Waals surface area contributed by atoms with Crippen LogP contribution < -0.4 is 21.5 Å². The number of urea groups is 2. The van der Waals surface area contributed by atoms with Crippen molar-refractivity contribution in [1.29, 1.82) is 0 Å². The number of nitrogens with zero attached hydrogens (tertiary/aromatic N) is 6. The Morgan fingerprint density at radius 3 is 1.22 bits per heavy atom. The minimum atomic E-state index is -0.733. The average Bonchev–Trinajstić information content (AvgIpc) is 4.46. The van der Waals surface area contributed by atoms with Crippen LogP contribution in [0.2, 0.25) is 0 Å². The number of carbonyl (C=O) groups is 6. The average molecular weight is 1120 g/mol. The molecule has 4 unspecified atom stereocenters. The zero-order valence-electron chi connectivity index (χ0n) is 47.1. The van der Waals surface area contributed by atoms with Crippen molar-refractivity contribution in [2.45, 2.75) is 107 Å². The van der Waals surface area contributed by atoms with Crippen LogP contribution >= 0.6 is 0 Å². The van der Waals surface area contributed by atoms with Gasteiger partial charge in [0.2, 0.25) is 0 Å². The van der Waals surface area contributed by atoms with Crippen molar-refractivity contribution in [3.05, 3.63) is 119 Å². The van der Waals surface area contributed by atoms with Crippen LogP contribution in [0.15, 0.2) is 107 Å². The lowest BCUT2D eigenvalue weighted by molar-refractivity contribution is -0.143. The zero-order chi connectivity index (χ0) is 57.0. The predicted octanol–water partition coefficient (Wildman–Crippen LogP) is 8.24. The summed E-state index contributed by atoms with van der Waals surface area (Å²) in [6.07, 6.45) is 7.50. The second-order valence-electron chi connectivity index (χ2n) is 23.7. The van der Waals surface area contributed by atoms with Crippen LogP contribution in [0.3, 0.4) is 0 Å². The summed E-state index contributed by atoms with van der Waals surface area (Å²) in [5, 5.41) is 23.9. The first-order valence-corrected chi connectivity index (χ1v) is 29.4. The summed E-state index contributed by atoms with van der Waals surface area (Å²) in [4.78, 5) is 82.5. The van der Waals surface area contributed by atoms with E-state index in [4.69, 9.17) is 9.47 Å². The summed E-state index contributed by atoms with van der Waals surface area (Å²) >= 11 is 0. The fourth-order valence-electron chi connectivity index (χ4n) is 14.4. The van der Waals surface area contributed by atoms with Crippen molar-refractivity contribution in [2.24, 2.45) is 33.9 Å². The molecule has 432 valence electrons. The molecule has 4 aliphatic heterocycles. The van der Waals surface area contributed by atoms with E-state index < -0.39 is 12.0 Å². The van der Waals surface area contributed by atoms with Crippen LogP contribution in [0.1, 0.15) is 105 Å². The van der Waals surface area contributed by atoms with Crippen molar-refractivity contribution >= 4 is 47.4 Å². The van der Waals surface area contributed by atoms with Gasteiger partial charge in [-0.3, -0.25) is 29.2 Å². The van der Waals surface area contributed by atoms with Gasteiger partial charge < -0.3 is 25.2 Å². The minimum Gasteiger partial charge on any atom is -0.481 e. The molecule has 0 aromatic heterocycles. The molecule has 0 radical (unpaired) electrons. The largest absolute Gasteiger partial charge is 0.481 e. The summed E-state index contributed by atoms with van der Waals surface area (Å²) in [5.41, 5.74) is 16.3. The summed E-state index contributed by atoms with van der Waals surface area (Å²) in [5.74, 6) is 0.0809. The summed E-state index contributed by atoms with van der Waals surface area (Å²) < 4.78 is 11.9. The van der Waals surface area contributed by atoms with Crippen LogP contribution in [0.5, 0.6) is 0 Å². The summed E-state index contributed by atoms with van der Waals surface area (Å²) in [7, 11) is 4.04. The van der Waals surface area contributed by atoms with E-state index in [0.29, 0.717) is 58.0 Å². The number of carboxylic acid groups (broad SMARTS) is 1. The molecule has 8 aliphatic rings. The number of ether oxygens (including phenoxy) is 2. The number of ketones is 1. The number of Topliss-reactive ketones (excluding diaryl/α,β-unsaturated/α-hetero) is 1. The Hall–Kier alpha value is -7.64. The van der Waals surface area contributed by atoms with Gasteiger partial charge >= 0.3 is 30.2 Å². The van der Waals surface area contributed by atoms with E-state index in [1.54, 1.807) is 16.7 Å². The molecule has 0 spiro atoms. The molecule has 4 aliphatic carbocycles. The van der Waals surface area contributed by atoms with Gasteiger partial charge in [-0.25, -0.2) is 30.0 Å². The van der Waals surface area contributed by atoms with Gasteiger partial charge in [-0.05, 0) is 142 Å². The van der Waals surface area contributed by atoms with Crippen molar-refractivity contribution in [1.82, 2.24) is 41.1 Å². The van der Waals surface area contributed by atoms with E-state index in [0.717, 1.165) is 62.8 Å². The molecule has 5 N–H and O–H groups in total. The molecular formula is C63H76N10O9. The number of amides is 6.